The first-order valence-electron chi connectivity index (χ1n) is 6.70. The Balaban J connectivity index is 2.04. The zero-order valence-corrected chi connectivity index (χ0v) is 12.3. The van der Waals surface area contributed by atoms with Crippen LogP contribution in [0.4, 0.5) is 0 Å². The highest BCUT2D eigenvalue weighted by molar-refractivity contribution is 7.99. The number of benzene rings is 2. The van der Waals surface area contributed by atoms with E-state index in [9.17, 15) is 14.7 Å². The van der Waals surface area contributed by atoms with Gasteiger partial charge in [0, 0.05) is 33.7 Å². The molecule has 0 unspecified atom stereocenters. The molecule has 3 rings (SSSR count). The molecule has 3 nitrogen and oxygen atoms in total. The Hall–Kier alpha value is -2.07. The van der Waals surface area contributed by atoms with Gasteiger partial charge >= 0.3 is 0 Å². The first kappa shape index (κ1) is 13.9. The standard InChI is InChI=1S/C17H14O3S/c1-10(17(19)20)11-6-7-15-12(8-11)9-14(18)13-4-2-3-5-16(13)21-15/h2-8,10H,9H2,1H3,(H,19,20)/p-1/t10-/m1/s1. The summed E-state index contributed by atoms with van der Waals surface area (Å²) in [4.78, 5) is 25.3. The first-order valence-corrected chi connectivity index (χ1v) is 7.51. The van der Waals surface area contributed by atoms with Gasteiger partial charge in [0.05, 0.1) is 0 Å². The molecule has 4 heteroatoms. The van der Waals surface area contributed by atoms with Crippen molar-refractivity contribution in [2.24, 2.45) is 0 Å². The summed E-state index contributed by atoms with van der Waals surface area (Å²) in [6, 6.07) is 13.0. The quantitative estimate of drug-likeness (QED) is 0.854. The predicted molar refractivity (Wildman–Crippen MR) is 78.5 cm³/mol. The van der Waals surface area contributed by atoms with Gasteiger partial charge in [-0.15, -0.1) is 0 Å². The van der Waals surface area contributed by atoms with Crippen LogP contribution in [0.15, 0.2) is 52.3 Å². The monoisotopic (exact) mass is 297 g/mol. The number of aliphatic carboxylic acids is 1. The third kappa shape index (κ3) is 2.59. The Bertz CT molecular complexity index is 737. The van der Waals surface area contributed by atoms with E-state index in [-0.39, 0.29) is 5.78 Å². The number of carboxylic acids is 1. The third-order valence-electron chi connectivity index (χ3n) is 3.70. The summed E-state index contributed by atoms with van der Waals surface area (Å²) < 4.78 is 0. The molecular weight excluding hydrogens is 284 g/mol. The van der Waals surface area contributed by atoms with Crippen molar-refractivity contribution < 1.29 is 14.7 Å². The van der Waals surface area contributed by atoms with E-state index < -0.39 is 11.9 Å². The van der Waals surface area contributed by atoms with Crippen molar-refractivity contribution in [3.8, 4) is 0 Å². The summed E-state index contributed by atoms with van der Waals surface area (Å²) in [6.07, 6.45) is 0.299. The van der Waals surface area contributed by atoms with Gasteiger partial charge in [-0.1, -0.05) is 49.0 Å². The van der Waals surface area contributed by atoms with Gasteiger partial charge in [-0.3, -0.25) is 4.79 Å². The minimum atomic E-state index is -1.11. The van der Waals surface area contributed by atoms with E-state index in [1.165, 1.54) is 0 Å². The second kappa shape index (κ2) is 5.37. The van der Waals surface area contributed by atoms with E-state index >= 15 is 0 Å². The van der Waals surface area contributed by atoms with Gasteiger partial charge in [0.15, 0.2) is 5.78 Å². The number of carbonyl (C=O) groups excluding carboxylic acids is 2. The third-order valence-corrected chi connectivity index (χ3v) is 4.89. The summed E-state index contributed by atoms with van der Waals surface area (Å²) in [7, 11) is 0. The van der Waals surface area contributed by atoms with Gasteiger partial charge in [0.1, 0.15) is 0 Å². The number of ketones is 1. The molecule has 0 fully saturated rings. The zero-order valence-electron chi connectivity index (χ0n) is 11.5. The van der Waals surface area contributed by atoms with E-state index in [2.05, 4.69) is 0 Å². The number of rotatable bonds is 2. The van der Waals surface area contributed by atoms with Gasteiger partial charge in [-0.05, 0) is 23.3 Å². The van der Waals surface area contributed by atoms with Crippen LogP contribution in [-0.4, -0.2) is 11.8 Å². The van der Waals surface area contributed by atoms with Crippen LogP contribution < -0.4 is 5.11 Å². The average molecular weight is 297 g/mol. The number of hydrogen-bond donors (Lipinski definition) is 0. The molecule has 0 saturated carbocycles. The van der Waals surface area contributed by atoms with E-state index in [4.69, 9.17) is 0 Å². The molecule has 2 aromatic carbocycles. The molecule has 21 heavy (non-hydrogen) atoms. The second-order valence-corrected chi connectivity index (χ2v) is 6.19. The molecule has 0 saturated heterocycles. The fourth-order valence-corrected chi connectivity index (χ4v) is 3.49. The maximum Gasteiger partial charge on any atom is 0.168 e. The molecule has 0 aliphatic carbocycles. The van der Waals surface area contributed by atoms with Gasteiger partial charge < -0.3 is 9.90 Å². The normalized spacial score (nSPS) is 14.8. The van der Waals surface area contributed by atoms with Gasteiger partial charge in [-0.2, -0.15) is 0 Å². The van der Waals surface area contributed by atoms with Crippen LogP contribution in [0.1, 0.15) is 34.3 Å². The van der Waals surface area contributed by atoms with Crippen LogP contribution in [0.2, 0.25) is 0 Å². The van der Waals surface area contributed by atoms with Crippen molar-refractivity contribution in [2.75, 3.05) is 0 Å². The molecule has 1 heterocycles. The lowest BCUT2D eigenvalue weighted by molar-refractivity contribution is -0.307. The van der Waals surface area contributed by atoms with E-state index in [0.29, 0.717) is 12.0 Å². The molecule has 2 aromatic rings. The summed E-state index contributed by atoms with van der Waals surface area (Å²) in [5, 5.41) is 11.0. The average Bonchev–Trinajstić information content (AvgIpc) is 2.61. The Morgan fingerprint density at radius 1 is 1.19 bits per heavy atom. The highest BCUT2D eigenvalue weighted by Crippen LogP contribution is 2.37. The number of fused-ring (bicyclic) bond motifs is 2. The SMILES string of the molecule is C[C@@H](C(=O)[O-])c1ccc2c(c1)CC(=O)c1ccccc1S2. The maximum absolute atomic E-state index is 12.3. The van der Waals surface area contributed by atoms with E-state index in [0.717, 1.165) is 20.9 Å². The predicted octanol–water partition coefficient (Wildman–Crippen LogP) is 2.43. The highest BCUT2D eigenvalue weighted by Gasteiger charge is 2.21. The Morgan fingerprint density at radius 2 is 1.95 bits per heavy atom. The van der Waals surface area contributed by atoms with Crippen LogP contribution in [0, 0.1) is 0 Å². The Kier molecular flexibility index (Phi) is 3.55. The minimum Gasteiger partial charge on any atom is -0.550 e. The Labute approximate surface area is 127 Å². The highest BCUT2D eigenvalue weighted by atomic mass is 32.2. The topological polar surface area (TPSA) is 57.2 Å². The lowest BCUT2D eigenvalue weighted by Gasteiger charge is -2.15. The molecule has 1 aliphatic rings. The molecule has 0 spiro atoms. The summed E-state index contributed by atoms with van der Waals surface area (Å²) in [5.74, 6) is -1.72. The second-order valence-electron chi connectivity index (χ2n) is 5.11. The van der Waals surface area contributed by atoms with Crippen LogP contribution in [0.5, 0.6) is 0 Å². The van der Waals surface area contributed by atoms with Gasteiger partial charge in [-0.25, -0.2) is 0 Å². The zero-order chi connectivity index (χ0) is 15.0. The van der Waals surface area contributed by atoms with Crippen molar-refractivity contribution in [1.29, 1.82) is 0 Å². The van der Waals surface area contributed by atoms with Crippen LogP contribution in [0.3, 0.4) is 0 Å². The number of hydrogen-bond acceptors (Lipinski definition) is 4. The van der Waals surface area contributed by atoms with Gasteiger partial charge in [0.2, 0.25) is 0 Å². The smallest absolute Gasteiger partial charge is 0.168 e. The summed E-state index contributed by atoms with van der Waals surface area (Å²) >= 11 is 1.55. The molecule has 0 bridgehead atoms. The van der Waals surface area contributed by atoms with Crippen molar-refractivity contribution >= 4 is 23.5 Å². The molecule has 1 atom stereocenters. The van der Waals surface area contributed by atoms with Gasteiger partial charge in [0.25, 0.3) is 0 Å². The van der Waals surface area contributed by atoms with E-state index in [1.54, 1.807) is 24.8 Å². The van der Waals surface area contributed by atoms with Crippen molar-refractivity contribution in [3.63, 3.8) is 0 Å². The Morgan fingerprint density at radius 3 is 2.71 bits per heavy atom. The fourth-order valence-electron chi connectivity index (χ4n) is 2.42. The van der Waals surface area contributed by atoms with Crippen LogP contribution in [-0.2, 0) is 11.2 Å². The number of carbonyl (C=O) groups is 2. The van der Waals surface area contributed by atoms with Crippen LogP contribution >= 0.6 is 11.8 Å². The minimum absolute atomic E-state index is 0.0649. The molecule has 1 aliphatic heterocycles. The fraction of sp³-hybridized carbons (Fsp3) is 0.176. The number of Topliss-reactive ketones (excluding diaryl/α,β-unsaturated/α-hetero) is 1. The molecule has 106 valence electrons. The molecular formula is C17H13O3S-. The van der Waals surface area contributed by atoms with E-state index in [1.807, 2.05) is 36.4 Å². The lowest BCUT2D eigenvalue weighted by atomic mass is 9.96. The number of carboxylic acid groups (broad SMARTS) is 1. The first-order chi connectivity index (χ1) is 10.1. The lowest BCUT2D eigenvalue weighted by Crippen LogP contribution is -2.28. The summed E-state index contributed by atoms with van der Waals surface area (Å²) in [5.41, 5.74) is 2.29. The van der Waals surface area contributed by atoms with Crippen molar-refractivity contribution in [2.45, 2.75) is 29.1 Å². The van der Waals surface area contributed by atoms with Crippen LogP contribution in [0.25, 0.3) is 0 Å². The van der Waals surface area contributed by atoms with Crippen molar-refractivity contribution in [1.82, 2.24) is 0 Å². The summed E-state index contributed by atoms with van der Waals surface area (Å²) in [6.45, 7) is 1.59. The molecule has 0 aromatic heterocycles. The maximum atomic E-state index is 12.3. The molecule has 0 radical (unpaired) electrons. The van der Waals surface area contributed by atoms with Crippen molar-refractivity contribution in [3.05, 3.63) is 59.2 Å². The molecule has 0 N–H and O–H groups in total. The largest absolute Gasteiger partial charge is 0.550 e. The molecule has 0 amide bonds.